The van der Waals surface area contributed by atoms with Gasteiger partial charge in [-0.1, -0.05) is 18.2 Å². The highest BCUT2D eigenvalue weighted by Crippen LogP contribution is 2.26. The Morgan fingerprint density at radius 1 is 1.28 bits per heavy atom. The SMILES string of the molecule is CB(O)N1CC=C(c2cnc(N)c(-c3nc4ccccc4[nH]3)n2)CC1. The van der Waals surface area contributed by atoms with Crippen LogP contribution in [0, 0.1) is 0 Å². The van der Waals surface area contributed by atoms with Crippen molar-refractivity contribution in [3.05, 3.63) is 42.2 Å². The second kappa shape index (κ2) is 6.31. The molecule has 126 valence electrons. The van der Waals surface area contributed by atoms with Gasteiger partial charge in [-0.2, -0.15) is 0 Å². The molecule has 0 atom stereocenters. The number of hydrogen-bond donors (Lipinski definition) is 3. The fourth-order valence-corrected chi connectivity index (χ4v) is 3.05. The lowest BCUT2D eigenvalue weighted by molar-refractivity contribution is 0.392. The minimum absolute atomic E-state index is 0.352. The molecule has 25 heavy (non-hydrogen) atoms. The fraction of sp³-hybridized carbons (Fsp3) is 0.235. The Morgan fingerprint density at radius 3 is 2.84 bits per heavy atom. The second-order valence-electron chi connectivity index (χ2n) is 6.20. The Hall–Kier alpha value is -2.71. The summed E-state index contributed by atoms with van der Waals surface area (Å²) in [5, 5.41) is 9.67. The zero-order valence-corrected chi connectivity index (χ0v) is 14.0. The van der Waals surface area contributed by atoms with Crippen LogP contribution in [0.25, 0.3) is 28.1 Å². The first-order valence-corrected chi connectivity index (χ1v) is 8.31. The van der Waals surface area contributed by atoms with E-state index in [4.69, 9.17) is 10.7 Å². The number of hydrogen-bond acceptors (Lipinski definition) is 6. The molecule has 1 aliphatic heterocycles. The number of imidazole rings is 1. The maximum atomic E-state index is 9.67. The van der Waals surface area contributed by atoms with Crippen LogP contribution < -0.4 is 5.73 Å². The lowest BCUT2D eigenvalue weighted by atomic mass is 9.83. The van der Waals surface area contributed by atoms with Crippen LogP contribution in [0.15, 0.2) is 36.5 Å². The van der Waals surface area contributed by atoms with Crippen LogP contribution in [0.2, 0.25) is 6.82 Å². The lowest BCUT2D eigenvalue weighted by Crippen LogP contribution is -2.39. The standard InChI is InChI=1S/C17H19BN6O/c1-18(25)24-8-6-11(7-9-24)14-10-20-16(19)15(21-14)17-22-12-4-2-3-5-13(12)23-17/h2-6,10,25H,7-9H2,1H3,(H2,19,20)(H,22,23). The molecule has 1 aliphatic rings. The number of H-pyrrole nitrogens is 1. The largest absolute Gasteiger partial charge is 0.437 e. The smallest absolute Gasteiger partial charge is 0.376 e. The first kappa shape index (κ1) is 15.8. The van der Waals surface area contributed by atoms with E-state index in [1.807, 2.05) is 29.1 Å². The molecular formula is C17H19BN6O. The summed E-state index contributed by atoms with van der Waals surface area (Å²) in [5.41, 5.74) is 10.3. The number of anilines is 1. The number of aromatic nitrogens is 4. The fourth-order valence-electron chi connectivity index (χ4n) is 3.05. The number of nitrogen functional groups attached to an aromatic ring is 1. The molecule has 4 rings (SSSR count). The third-order valence-electron chi connectivity index (χ3n) is 4.51. The van der Waals surface area contributed by atoms with Gasteiger partial charge in [0.1, 0.15) is 5.69 Å². The molecule has 0 bridgehead atoms. The summed E-state index contributed by atoms with van der Waals surface area (Å²) in [6.07, 6.45) is 4.59. The van der Waals surface area contributed by atoms with Crippen molar-refractivity contribution < 1.29 is 5.02 Å². The van der Waals surface area contributed by atoms with Gasteiger partial charge in [0.2, 0.25) is 0 Å². The van der Waals surface area contributed by atoms with Gasteiger partial charge in [0, 0.05) is 6.54 Å². The van der Waals surface area contributed by atoms with Crippen molar-refractivity contribution in [1.82, 2.24) is 24.7 Å². The Labute approximate surface area is 145 Å². The molecule has 8 heteroatoms. The van der Waals surface area contributed by atoms with Gasteiger partial charge in [0.15, 0.2) is 11.6 Å². The third-order valence-corrected chi connectivity index (χ3v) is 4.51. The minimum atomic E-state index is -0.443. The van der Waals surface area contributed by atoms with E-state index >= 15 is 0 Å². The van der Waals surface area contributed by atoms with Crippen molar-refractivity contribution in [3.63, 3.8) is 0 Å². The Bertz CT molecular complexity index is 918. The average molecular weight is 334 g/mol. The van der Waals surface area contributed by atoms with Crippen LogP contribution in [-0.4, -0.2) is 49.9 Å². The Balaban J connectivity index is 1.69. The third kappa shape index (κ3) is 3.01. The van der Waals surface area contributed by atoms with Gasteiger partial charge >= 0.3 is 7.05 Å². The normalized spacial score (nSPS) is 15.4. The molecule has 4 N–H and O–H groups in total. The van der Waals surface area contributed by atoms with Crippen LogP contribution in [0.5, 0.6) is 0 Å². The topological polar surface area (TPSA) is 104 Å². The number of nitrogens with two attached hydrogens (primary N) is 1. The maximum absolute atomic E-state index is 9.67. The highest BCUT2D eigenvalue weighted by Gasteiger charge is 2.21. The van der Waals surface area contributed by atoms with E-state index in [1.165, 1.54) is 0 Å². The van der Waals surface area contributed by atoms with Gasteiger partial charge in [0.25, 0.3) is 0 Å². The summed E-state index contributed by atoms with van der Waals surface area (Å²) >= 11 is 0. The molecule has 3 aromatic rings. The Kier molecular flexibility index (Phi) is 3.99. The van der Waals surface area contributed by atoms with E-state index in [0.717, 1.165) is 35.3 Å². The molecular weight excluding hydrogens is 315 g/mol. The maximum Gasteiger partial charge on any atom is 0.376 e. The molecule has 0 saturated heterocycles. The summed E-state index contributed by atoms with van der Waals surface area (Å²) < 4.78 is 0. The highest BCUT2D eigenvalue weighted by molar-refractivity contribution is 6.45. The summed E-state index contributed by atoms with van der Waals surface area (Å²) in [6, 6.07) is 7.81. The van der Waals surface area contributed by atoms with Gasteiger partial charge in [0.05, 0.1) is 22.9 Å². The van der Waals surface area contributed by atoms with E-state index in [0.29, 0.717) is 23.9 Å². The molecule has 0 spiro atoms. The van der Waals surface area contributed by atoms with Crippen molar-refractivity contribution >= 4 is 29.5 Å². The molecule has 1 aromatic carbocycles. The number of para-hydroxylation sites is 2. The summed E-state index contributed by atoms with van der Waals surface area (Å²) in [5.74, 6) is 0.972. The quantitative estimate of drug-likeness (QED) is 0.631. The zero-order chi connectivity index (χ0) is 17.4. The molecule has 3 heterocycles. The molecule has 0 aliphatic carbocycles. The molecule has 0 radical (unpaired) electrons. The van der Waals surface area contributed by atoms with Crippen molar-refractivity contribution in [1.29, 1.82) is 0 Å². The minimum Gasteiger partial charge on any atom is -0.437 e. The van der Waals surface area contributed by atoms with E-state index in [-0.39, 0.29) is 0 Å². The van der Waals surface area contributed by atoms with Crippen LogP contribution >= 0.6 is 0 Å². The van der Waals surface area contributed by atoms with Gasteiger partial charge in [-0.3, -0.25) is 0 Å². The van der Waals surface area contributed by atoms with Crippen molar-refractivity contribution in [2.24, 2.45) is 0 Å². The monoisotopic (exact) mass is 334 g/mol. The van der Waals surface area contributed by atoms with E-state index in [2.05, 4.69) is 21.0 Å². The van der Waals surface area contributed by atoms with Gasteiger partial charge in [-0.15, -0.1) is 0 Å². The van der Waals surface area contributed by atoms with E-state index < -0.39 is 7.05 Å². The number of nitrogens with zero attached hydrogens (tertiary/aromatic N) is 4. The molecule has 0 fully saturated rings. The first-order valence-electron chi connectivity index (χ1n) is 8.31. The highest BCUT2D eigenvalue weighted by atomic mass is 16.2. The average Bonchev–Trinajstić information content (AvgIpc) is 3.06. The number of fused-ring (bicyclic) bond motifs is 1. The molecule has 0 unspecified atom stereocenters. The van der Waals surface area contributed by atoms with Gasteiger partial charge < -0.3 is 20.6 Å². The lowest BCUT2D eigenvalue weighted by Gasteiger charge is -2.26. The van der Waals surface area contributed by atoms with Crippen LogP contribution in [0.4, 0.5) is 5.82 Å². The number of nitrogens with one attached hydrogen (secondary N) is 1. The van der Waals surface area contributed by atoms with E-state index in [1.54, 1.807) is 13.0 Å². The van der Waals surface area contributed by atoms with Gasteiger partial charge in [-0.05, 0) is 37.5 Å². The van der Waals surface area contributed by atoms with E-state index in [9.17, 15) is 5.02 Å². The Morgan fingerprint density at radius 2 is 2.12 bits per heavy atom. The van der Waals surface area contributed by atoms with Crippen LogP contribution in [0.1, 0.15) is 12.1 Å². The summed E-state index contributed by atoms with van der Waals surface area (Å²) in [7, 11) is -0.443. The van der Waals surface area contributed by atoms with Crippen molar-refractivity contribution in [2.45, 2.75) is 13.2 Å². The van der Waals surface area contributed by atoms with Crippen LogP contribution in [0.3, 0.4) is 0 Å². The zero-order valence-electron chi connectivity index (χ0n) is 14.0. The number of rotatable bonds is 3. The summed E-state index contributed by atoms with van der Waals surface area (Å²) in [6.45, 7) is 3.26. The van der Waals surface area contributed by atoms with Crippen molar-refractivity contribution in [3.8, 4) is 11.5 Å². The molecule has 0 saturated carbocycles. The molecule has 2 aromatic heterocycles. The molecule has 0 amide bonds. The number of aromatic amines is 1. The van der Waals surface area contributed by atoms with Crippen molar-refractivity contribution in [2.75, 3.05) is 18.8 Å². The first-order chi connectivity index (χ1) is 12.1. The molecule has 7 nitrogen and oxygen atoms in total. The van der Waals surface area contributed by atoms with Gasteiger partial charge in [-0.25, -0.2) is 15.0 Å². The predicted molar refractivity (Wildman–Crippen MR) is 99.5 cm³/mol. The second-order valence-corrected chi connectivity index (χ2v) is 6.20. The summed E-state index contributed by atoms with van der Waals surface area (Å²) in [4.78, 5) is 18.8. The number of benzene rings is 1. The predicted octanol–water partition coefficient (Wildman–Crippen LogP) is 1.80. The van der Waals surface area contributed by atoms with Crippen LogP contribution in [-0.2, 0) is 0 Å².